The van der Waals surface area contributed by atoms with Crippen LogP contribution < -0.4 is 0 Å². The Morgan fingerprint density at radius 3 is 0.904 bits per heavy atom. The van der Waals surface area contributed by atoms with Gasteiger partial charge in [-0.15, -0.1) is 0 Å². The van der Waals surface area contributed by atoms with E-state index >= 15 is 0 Å². The van der Waals surface area contributed by atoms with Crippen molar-refractivity contribution >= 4 is 150 Å². The molecule has 0 aromatic rings. The standard InChI is InChI=1S/C49H94O9S12Si3/c1-13-42(25-23-24-38(11)12)49(62-68-65-59-46(35-39-26-29-43(46)32-39)71(50-14-2,51-15-3)52-16-4,63-69-66-60-47(36-40-27-30-44(47)33-40)72(53-17-5,54-18-6)55-19-7)64-70-67-61-48(37-41-28-31-45(48)34-41)73(56-20-8,57-21-9)58-22-10/h38-45H,13-37H2,1-12H3. The molecule has 0 aromatic heterocycles. The van der Waals surface area contributed by atoms with E-state index in [-0.39, 0.29) is 16.5 Å². The van der Waals surface area contributed by atoms with Gasteiger partial charge >= 0.3 is 26.4 Å². The summed E-state index contributed by atoms with van der Waals surface area (Å²) in [5, 5.41) is 0. The Morgan fingerprint density at radius 2 is 0.699 bits per heavy atom. The molecule has 0 radical (unpaired) electrons. The van der Waals surface area contributed by atoms with Crippen LogP contribution in [0.15, 0.2) is 0 Å². The zero-order valence-electron chi connectivity index (χ0n) is 46.4. The minimum Gasteiger partial charge on any atom is -0.373 e. The molecule has 73 heavy (non-hydrogen) atoms. The summed E-state index contributed by atoms with van der Waals surface area (Å²) in [6.45, 7) is 31.8. The molecule has 6 saturated carbocycles. The van der Waals surface area contributed by atoms with Crippen molar-refractivity contribution < 1.29 is 39.8 Å². The van der Waals surface area contributed by atoms with Crippen LogP contribution in [-0.4, -0.2) is 102 Å². The maximum absolute atomic E-state index is 6.85. The Kier molecular flexibility index (Phi) is 29.3. The smallest absolute Gasteiger partial charge is 0.373 e. The van der Waals surface area contributed by atoms with E-state index in [0.29, 0.717) is 89.1 Å². The molecule has 6 aliphatic rings. The van der Waals surface area contributed by atoms with Gasteiger partial charge in [0.1, 0.15) is 16.5 Å². The van der Waals surface area contributed by atoms with Gasteiger partial charge in [0.25, 0.3) is 0 Å². The Hall–Kier alpha value is 4.49. The average molecular weight is 1300 g/mol. The molecule has 0 aromatic carbocycles. The number of hydrogen-bond donors (Lipinski definition) is 0. The monoisotopic (exact) mass is 1290 g/mol. The molecule has 0 amide bonds. The topological polar surface area (TPSA) is 83.1 Å². The van der Waals surface area contributed by atoms with Gasteiger partial charge in [-0.25, -0.2) is 0 Å². The molecule has 0 N–H and O–H groups in total. The van der Waals surface area contributed by atoms with E-state index in [2.05, 4.69) is 148 Å². The third-order valence-electron chi connectivity index (χ3n) is 16.4. The molecule has 9 nitrogen and oxygen atoms in total. The minimum absolute atomic E-state index is 0.150. The highest BCUT2D eigenvalue weighted by atomic mass is 33.7. The zero-order chi connectivity index (χ0) is 52.6. The summed E-state index contributed by atoms with van der Waals surface area (Å²) in [6, 6.07) is 0. The molecule has 6 rings (SSSR count). The first-order valence-corrected chi connectivity index (χ1v) is 47.8. The van der Waals surface area contributed by atoms with Crippen LogP contribution in [0.1, 0.15) is 186 Å². The summed E-state index contributed by atoms with van der Waals surface area (Å²) in [7, 11) is 15.3. The molecular weight excluding hydrogens is 1200 g/mol. The van der Waals surface area contributed by atoms with Gasteiger partial charge in [-0.05, 0) is 233 Å². The summed E-state index contributed by atoms with van der Waals surface area (Å²) in [5.74, 6) is 4.97. The van der Waals surface area contributed by atoms with E-state index in [1.54, 1.807) is 0 Å². The number of fused-ring (bicyclic) bond motifs is 6. The highest BCUT2D eigenvalue weighted by molar-refractivity contribution is 9.32. The maximum atomic E-state index is 6.85. The first-order chi connectivity index (χ1) is 35.3. The molecule has 6 aliphatic carbocycles. The predicted octanol–water partition coefficient (Wildman–Crippen LogP) is 19.0. The van der Waals surface area contributed by atoms with Crippen LogP contribution in [-0.2, 0) is 39.8 Å². The largest absolute Gasteiger partial charge is 0.519 e. The summed E-state index contributed by atoms with van der Waals surface area (Å²) < 4.78 is 61.0. The first-order valence-electron chi connectivity index (χ1n) is 28.2. The van der Waals surface area contributed by atoms with Crippen molar-refractivity contribution in [2.24, 2.45) is 47.3 Å². The summed E-state index contributed by atoms with van der Waals surface area (Å²) in [5.41, 5.74) is 0. The van der Waals surface area contributed by atoms with Gasteiger partial charge in [0.2, 0.25) is 0 Å². The molecule has 24 heteroatoms. The molecule has 6 fully saturated rings. The maximum Gasteiger partial charge on any atom is 0.519 e. The Balaban J connectivity index is 1.32. The van der Waals surface area contributed by atoms with Gasteiger partial charge in [-0.3, -0.25) is 0 Å². The van der Waals surface area contributed by atoms with E-state index in [1.807, 2.05) is 59.0 Å². The lowest BCUT2D eigenvalue weighted by atomic mass is 9.97. The highest BCUT2D eigenvalue weighted by Gasteiger charge is 2.73. The quantitative estimate of drug-likeness (QED) is 0.0251. The van der Waals surface area contributed by atoms with Crippen molar-refractivity contribution in [3.63, 3.8) is 0 Å². The van der Waals surface area contributed by atoms with Crippen LogP contribution in [0.25, 0.3) is 0 Å². The molecule has 0 saturated heterocycles. The normalized spacial score (nSPS) is 31.2. The van der Waals surface area contributed by atoms with Gasteiger partial charge in [-0.2, -0.15) is 0 Å². The molecule has 6 bridgehead atoms. The Bertz CT molecular complexity index is 1400. The molecular formula is C49H94O9S12Si3. The number of rotatable bonds is 42. The highest BCUT2D eigenvalue weighted by Crippen LogP contribution is 2.76. The predicted molar refractivity (Wildman–Crippen MR) is 343 cm³/mol. The lowest BCUT2D eigenvalue weighted by Crippen LogP contribution is -2.65. The number of hydrogen-bond acceptors (Lipinski definition) is 21. The second-order valence-electron chi connectivity index (χ2n) is 20.9. The van der Waals surface area contributed by atoms with Gasteiger partial charge in [0.15, 0.2) is 0 Å². The van der Waals surface area contributed by atoms with Crippen molar-refractivity contribution in [2.45, 2.75) is 202 Å². The van der Waals surface area contributed by atoms with E-state index in [4.69, 9.17) is 39.8 Å². The van der Waals surface area contributed by atoms with E-state index in [9.17, 15) is 0 Å². The van der Waals surface area contributed by atoms with Crippen LogP contribution in [0.4, 0.5) is 0 Å². The zero-order valence-corrected chi connectivity index (χ0v) is 59.2. The Morgan fingerprint density at radius 1 is 0.411 bits per heavy atom. The summed E-state index contributed by atoms with van der Waals surface area (Å²) >= 11 is 0. The molecule has 0 aliphatic heterocycles. The van der Waals surface area contributed by atoms with Gasteiger partial charge < -0.3 is 39.8 Å². The van der Waals surface area contributed by atoms with Gasteiger partial charge in [-0.1, -0.05) is 124 Å². The van der Waals surface area contributed by atoms with Crippen molar-refractivity contribution in [3.05, 3.63) is 0 Å². The molecule has 10 atom stereocenters. The lowest BCUT2D eigenvalue weighted by molar-refractivity contribution is 0.0494. The first kappa shape index (κ1) is 66.6. The third kappa shape index (κ3) is 15.0. The van der Waals surface area contributed by atoms with Crippen LogP contribution in [0.3, 0.4) is 0 Å². The average Bonchev–Trinajstić information content (AvgIpc) is 4.26. The van der Waals surface area contributed by atoms with Crippen molar-refractivity contribution in [2.75, 3.05) is 59.5 Å². The molecule has 0 heterocycles. The Labute approximate surface area is 494 Å². The lowest BCUT2D eigenvalue weighted by Gasteiger charge is -2.47. The van der Waals surface area contributed by atoms with E-state index < -0.39 is 26.4 Å². The fourth-order valence-corrected chi connectivity index (χ4v) is 61.5. The van der Waals surface area contributed by atoms with Crippen molar-refractivity contribution in [1.29, 1.82) is 0 Å². The van der Waals surface area contributed by atoms with Crippen molar-refractivity contribution in [1.82, 2.24) is 0 Å². The molecule has 428 valence electrons. The summed E-state index contributed by atoms with van der Waals surface area (Å²) in [4.78, 5) is 0. The SMILES string of the molecule is CCO[Si](OCC)(OCC)C1(SSSSC(SSSSC2([Si](OCC)(OCC)OCC)CC3CCC2C3)(SSSSC2([Si](OCC)(OCC)OCC)CC3CCC2C3)C(CC)CCCC(C)C)CC2CCC1C2. The molecule has 0 spiro atoms. The third-order valence-corrected chi connectivity index (χ3v) is 56.3. The molecule has 10 unspecified atom stereocenters. The van der Waals surface area contributed by atoms with Gasteiger partial charge in [0, 0.05) is 59.5 Å². The fraction of sp³-hybridized carbons (Fsp3) is 1.00. The second kappa shape index (κ2) is 32.1. The second-order valence-corrected chi connectivity index (χ2v) is 50.1. The van der Waals surface area contributed by atoms with Crippen LogP contribution >= 0.6 is 124 Å². The van der Waals surface area contributed by atoms with E-state index in [1.165, 1.54) is 77.0 Å². The summed E-state index contributed by atoms with van der Waals surface area (Å²) in [6.07, 6.45) is 19.6. The van der Waals surface area contributed by atoms with Crippen molar-refractivity contribution in [3.8, 4) is 0 Å². The fourth-order valence-electron chi connectivity index (χ4n) is 13.7. The van der Waals surface area contributed by atoms with Gasteiger partial charge in [0.05, 0.1) is 0 Å². The van der Waals surface area contributed by atoms with Crippen LogP contribution in [0.5, 0.6) is 0 Å². The van der Waals surface area contributed by atoms with Crippen LogP contribution in [0.2, 0.25) is 0 Å². The minimum atomic E-state index is -3.06. The van der Waals surface area contributed by atoms with E-state index in [0.717, 1.165) is 43.4 Å². The van der Waals surface area contributed by atoms with Crippen LogP contribution in [0, 0.1) is 47.3 Å².